The average Bonchev–Trinajstić information content (AvgIpc) is 2.92. The molecule has 5 nitrogen and oxygen atoms in total. The maximum Gasteiger partial charge on any atom is 0.300 e. The van der Waals surface area contributed by atoms with E-state index in [1.165, 1.54) is 4.52 Å². The zero-order valence-electron chi connectivity index (χ0n) is 12.7. The van der Waals surface area contributed by atoms with Gasteiger partial charge in [-0.15, -0.1) is 0 Å². The van der Waals surface area contributed by atoms with Crippen LogP contribution in [0.1, 0.15) is 5.56 Å². The summed E-state index contributed by atoms with van der Waals surface area (Å²) >= 11 is 7.00. The molecule has 2 aromatic carbocycles. The predicted octanol–water partition coefficient (Wildman–Crippen LogP) is 2.38. The average molecular weight is 368 g/mol. The Morgan fingerprint density at radius 3 is 2.44 bits per heavy atom. The molecule has 4 aromatic rings. The zero-order valence-corrected chi connectivity index (χ0v) is 14.3. The van der Waals surface area contributed by atoms with Crippen LogP contribution in [0.3, 0.4) is 0 Å². The summed E-state index contributed by atoms with van der Waals surface area (Å²) in [7, 11) is 0. The zero-order chi connectivity index (χ0) is 17.4. The van der Waals surface area contributed by atoms with Crippen molar-refractivity contribution in [1.82, 2.24) is 14.6 Å². The van der Waals surface area contributed by atoms with Crippen LogP contribution in [0.2, 0.25) is 5.02 Å². The summed E-state index contributed by atoms with van der Waals surface area (Å²) in [6, 6.07) is 16.1. The van der Waals surface area contributed by atoms with Crippen molar-refractivity contribution < 1.29 is 0 Å². The molecule has 0 unspecified atom stereocenters. The number of thiazole rings is 1. The molecule has 0 spiro atoms. The van der Waals surface area contributed by atoms with Gasteiger partial charge in [0.05, 0.1) is 4.53 Å². The minimum absolute atomic E-state index is 0.158. The first-order valence-electron chi connectivity index (χ1n) is 7.38. The van der Waals surface area contributed by atoms with Crippen molar-refractivity contribution in [2.75, 3.05) is 0 Å². The molecular formula is C18H10ClN3O2S. The third kappa shape index (κ3) is 2.97. The fourth-order valence-corrected chi connectivity index (χ4v) is 3.43. The van der Waals surface area contributed by atoms with Crippen molar-refractivity contribution in [3.63, 3.8) is 0 Å². The van der Waals surface area contributed by atoms with Crippen LogP contribution in [0.15, 0.2) is 64.2 Å². The smallest absolute Gasteiger partial charge is 0.266 e. The third-order valence-corrected chi connectivity index (χ3v) is 4.81. The molecule has 0 saturated heterocycles. The molecule has 0 amide bonds. The van der Waals surface area contributed by atoms with Crippen LogP contribution in [-0.4, -0.2) is 14.6 Å². The summed E-state index contributed by atoms with van der Waals surface area (Å²) in [5.41, 5.74) is 0.860. The minimum Gasteiger partial charge on any atom is -0.266 e. The van der Waals surface area contributed by atoms with Gasteiger partial charge in [-0.3, -0.25) is 9.59 Å². The molecule has 0 saturated carbocycles. The highest BCUT2D eigenvalue weighted by molar-refractivity contribution is 7.15. The molecule has 25 heavy (non-hydrogen) atoms. The maximum atomic E-state index is 12.6. The third-order valence-electron chi connectivity index (χ3n) is 3.60. The number of halogens is 1. The number of hydrogen-bond donors (Lipinski definition) is 0. The van der Waals surface area contributed by atoms with E-state index in [4.69, 9.17) is 11.6 Å². The molecule has 122 valence electrons. The first kappa shape index (κ1) is 15.7. The van der Waals surface area contributed by atoms with Crippen LogP contribution in [-0.2, 0) is 0 Å². The van der Waals surface area contributed by atoms with Crippen LogP contribution >= 0.6 is 22.9 Å². The van der Waals surface area contributed by atoms with Gasteiger partial charge in [-0.25, -0.2) is 0 Å². The summed E-state index contributed by atoms with van der Waals surface area (Å²) in [5, 5.41) is 4.84. The van der Waals surface area contributed by atoms with E-state index in [-0.39, 0.29) is 16.2 Å². The Kier molecular flexibility index (Phi) is 3.91. The Balaban J connectivity index is 1.93. The van der Waals surface area contributed by atoms with E-state index in [0.717, 1.165) is 16.9 Å². The highest BCUT2D eigenvalue weighted by atomic mass is 35.5. The maximum absolute atomic E-state index is 12.6. The molecule has 0 N–H and O–H groups in total. The topological polar surface area (TPSA) is 64.3 Å². The number of fused-ring (bicyclic) bond motifs is 1. The second-order valence-electron chi connectivity index (χ2n) is 5.29. The Morgan fingerprint density at radius 2 is 1.72 bits per heavy atom. The summed E-state index contributed by atoms with van der Waals surface area (Å²) in [6.45, 7) is 0. The van der Waals surface area contributed by atoms with Gasteiger partial charge in [-0.1, -0.05) is 65.4 Å². The van der Waals surface area contributed by atoms with E-state index < -0.39 is 5.56 Å². The molecule has 0 aliphatic carbocycles. The van der Waals surface area contributed by atoms with Gasteiger partial charge in [0.25, 0.3) is 5.56 Å². The molecule has 2 heterocycles. The molecule has 2 aromatic heterocycles. The lowest BCUT2D eigenvalue weighted by atomic mass is 10.2. The van der Waals surface area contributed by atoms with Gasteiger partial charge in [0.2, 0.25) is 4.96 Å². The lowest BCUT2D eigenvalue weighted by molar-refractivity contribution is 0.873. The van der Waals surface area contributed by atoms with Crippen molar-refractivity contribution in [2.45, 2.75) is 0 Å². The highest BCUT2D eigenvalue weighted by Gasteiger charge is 2.12. The molecule has 0 bridgehead atoms. The normalized spacial score (nSPS) is 12.0. The predicted molar refractivity (Wildman–Crippen MR) is 99.1 cm³/mol. The van der Waals surface area contributed by atoms with E-state index in [2.05, 4.69) is 10.1 Å². The van der Waals surface area contributed by atoms with Crippen molar-refractivity contribution >= 4 is 34.0 Å². The molecular weight excluding hydrogens is 358 g/mol. The van der Waals surface area contributed by atoms with Crippen molar-refractivity contribution in [2.24, 2.45) is 0 Å². The van der Waals surface area contributed by atoms with Crippen LogP contribution in [0.4, 0.5) is 0 Å². The lowest BCUT2D eigenvalue weighted by Gasteiger charge is -1.98. The summed E-state index contributed by atoms with van der Waals surface area (Å²) in [5.74, 6) is 0. The first-order chi connectivity index (χ1) is 12.1. The number of aromatic nitrogens is 3. The number of rotatable bonds is 2. The van der Waals surface area contributed by atoms with Gasteiger partial charge in [-0.2, -0.15) is 14.6 Å². The molecule has 7 heteroatoms. The number of benzene rings is 2. The van der Waals surface area contributed by atoms with Crippen LogP contribution in [0, 0.1) is 0 Å². The van der Waals surface area contributed by atoms with Gasteiger partial charge in [0, 0.05) is 10.6 Å². The Hall–Kier alpha value is -2.83. The quantitative estimate of drug-likeness (QED) is 0.545. The summed E-state index contributed by atoms with van der Waals surface area (Å²) in [4.78, 5) is 29.1. The SMILES string of the molecule is O=c1nc2s/c(=C/c3ccc(Cl)cc3)c(=O)n2nc1-c1ccccc1. The van der Waals surface area contributed by atoms with Crippen LogP contribution in [0.5, 0.6) is 0 Å². The lowest BCUT2D eigenvalue weighted by Crippen LogP contribution is -2.26. The van der Waals surface area contributed by atoms with E-state index in [9.17, 15) is 9.59 Å². The van der Waals surface area contributed by atoms with E-state index in [1.807, 2.05) is 18.2 Å². The second kappa shape index (κ2) is 6.23. The van der Waals surface area contributed by atoms with Crippen molar-refractivity contribution in [3.05, 3.63) is 90.4 Å². The monoisotopic (exact) mass is 367 g/mol. The minimum atomic E-state index is -0.453. The fraction of sp³-hybridized carbons (Fsp3) is 0. The highest BCUT2D eigenvalue weighted by Crippen LogP contribution is 2.12. The van der Waals surface area contributed by atoms with Gasteiger partial charge in [-0.05, 0) is 23.8 Å². The van der Waals surface area contributed by atoms with Crippen molar-refractivity contribution in [3.8, 4) is 11.3 Å². The molecule has 0 radical (unpaired) electrons. The molecule has 0 aliphatic heterocycles. The van der Waals surface area contributed by atoms with Crippen LogP contribution < -0.4 is 15.7 Å². The van der Waals surface area contributed by atoms with E-state index >= 15 is 0 Å². The van der Waals surface area contributed by atoms with Gasteiger partial charge < -0.3 is 0 Å². The number of hydrogen-bond acceptors (Lipinski definition) is 5. The second-order valence-corrected chi connectivity index (χ2v) is 6.74. The standard InChI is InChI=1S/C18H10ClN3O2S/c19-13-8-6-11(7-9-13)10-14-17(24)22-18(25-14)20-16(23)15(21-22)12-4-2-1-3-5-12/h1-10H/b14-10+. The Morgan fingerprint density at radius 1 is 1.00 bits per heavy atom. The first-order valence-corrected chi connectivity index (χ1v) is 8.58. The summed E-state index contributed by atoms with van der Waals surface area (Å²) in [6.07, 6.45) is 1.73. The Labute approximate surface area is 150 Å². The summed E-state index contributed by atoms with van der Waals surface area (Å²) < 4.78 is 1.63. The number of nitrogens with zero attached hydrogens (tertiary/aromatic N) is 3. The molecule has 0 aliphatic rings. The molecule has 0 atom stereocenters. The van der Waals surface area contributed by atoms with Gasteiger partial charge >= 0.3 is 5.56 Å². The van der Waals surface area contributed by atoms with Crippen LogP contribution in [0.25, 0.3) is 22.3 Å². The van der Waals surface area contributed by atoms with Gasteiger partial charge in [0.1, 0.15) is 0 Å². The van der Waals surface area contributed by atoms with Gasteiger partial charge in [0.15, 0.2) is 5.69 Å². The fourth-order valence-electron chi connectivity index (χ4n) is 2.40. The molecule has 0 fully saturated rings. The van der Waals surface area contributed by atoms with E-state index in [1.54, 1.807) is 42.5 Å². The largest absolute Gasteiger partial charge is 0.300 e. The van der Waals surface area contributed by atoms with Crippen molar-refractivity contribution in [1.29, 1.82) is 0 Å². The molecule has 4 rings (SSSR count). The van der Waals surface area contributed by atoms with E-state index in [0.29, 0.717) is 15.1 Å². The Bertz CT molecular complexity index is 1230.